The first-order valence-electron chi connectivity index (χ1n) is 9.72. The van der Waals surface area contributed by atoms with Gasteiger partial charge in [-0.05, 0) is 25.7 Å². The summed E-state index contributed by atoms with van der Waals surface area (Å²) in [6, 6.07) is 0.723. The van der Waals surface area contributed by atoms with E-state index in [1.54, 1.807) is 6.92 Å². The quantitative estimate of drug-likeness (QED) is 0.308. The second-order valence-corrected chi connectivity index (χ2v) is 8.36. The molecule has 0 spiro atoms. The number of H-pyrrole nitrogens is 1. The second-order valence-electron chi connectivity index (χ2n) is 6.97. The molecule has 0 amide bonds. The van der Waals surface area contributed by atoms with Gasteiger partial charge in [-0.25, -0.2) is 9.88 Å². The first kappa shape index (κ1) is 23.7. The topological polar surface area (TPSA) is 121 Å². The summed E-state index contributed by atoms with van der Waals surface area (Å²) in [7, 11) is -0.0146. The van der Waals surface area contributed by atoms with Crippen molar-refractivity contribution in [2.45, 2.75) is 58.4 Å². The highest BCUT2D eigenvalue weighted by Gasteiger charge is 2.35. The predicted molar refractivity (Wildman–Crippen MR) is 107 cm³/mol. The SMILES string of the molecule is CCCCOC(=O)C(C)NP(OC)OCC1OC(n2ccc(=O)[nH]c2=O)CC1C. The Labute approximate surface area is 170 Å². The zero-order valence-corrected chi connectivity index (χ0v) is 18.1. The normalized spacial score (nSPS) is 23.7. The van der Waals surface area contributed by atoms with E-state index < -0.39 is 32.0 Å². The molecule has 5 unspecified atom stereocenters. The lowest BCUT2D eigenvalue weighted by molar-refractivity contribution is -0.145. The summed E-state index contributed by atoms with van der Waals surface area (Å²) in [4.78, 5) is 37.4. The van der Waals surface area contributed by atoms with E-state index in [4.69, 9.17) is 18.5 Å². The van der Waals surface area contributed by atoms with E-state index in [0.29, 0.717) is 13.0 Å². The van der Waals surface area contributed by atoms with Crippen LogP contribution in [-0.4, -0.2) is 48.0 Å². The van der Waals surface area contributed by atoms with Crippen molar-refractivity contribution in [2.75, 3.05) is 20.3 Å². The molecule has 1 aliphatic heterocycles. The highest BCUT2D eigenvalue weighted by atomic mass is 31.2. The number of ether oxygens (including phenoxy) is 2. The van der Waals surface area contributed by atoms with E-state index in [-0.39, 0.29) is 24.6 Å². The minimum Gasteiger partial charge on any atom is -0.465 e. The maximum absolute atomic E-state index is 12.0. The molecule has 2 heterocycles. The van der Waals surface area contributed by atoms with Crippen LogP contribution in [-0.2, 0) is 23.3 Å². The number of carbonyl (C=O) groups excluding carboxylic acids is 1. The Kier molecular flexibility index (Phi) is 9.45. The van der Waals surface area contributed by atoms with Gasteiger partial charge in [0.1, 0.15) is 12.3 Å². The molecular formula is C18H30N3O7P. The maximum atomic E-state index is 12.0. The van der Waals surface area contributed by atoms with Crippen LogP contribution < -0.4 is 16.3 Å². The minimum absolute atomic E-state index is 0.129. The number of hydrogen-bond acceptors (Lipinski definition) is 8. The Hall–Kier alpha value is -1.58. The summed E-state index contributed by atoms with van der Waals surface area (Å²) in [5.41, 5.74) is -0.955. The molecule has 0 saturated carbocycles. The molecule has 0 aliphatic carbocycles. The van der Waals surface area contributed by atoms with Crippen LogP contribution >= 0.6 is 8.53 Å². The van der Waals surface area contributed by atoms with Gasteiger partial charge in [-0.15, -0.1) is 0 Å². The van der Waals surface area contributed by atoms with Crippen molar-refractivity contribution in [1.29, 1.82) is 0 Å². The van der Waals surface area contributed by atoms with E-state index in [0.717, 1.165) is 12.8 Å². The number of rotatable bonds is 11. The largest absolute Gasteiger partial charge is 0.465 e. The third-order valence-electron chi connectivity index (χ3n) is 4.62. The lowest BCUT2D eigenvalue weighted by atomic mass is 10.0. The Morgan fingerprint density at radius 2 is 2.24 bits per heavy atom. The smallest absolute Gasteiger partial charge is 0.330 e. The molecule has 0 bridgehead atoms. The van der Waals surface area contributed by atoms with Crippen molar-refractivity contribution in [1.82, 2.24) is 14.6 Å². The van der Waals surface area contributed by atoms with Gasteiger partial charge in [0.25, 0.3) is 14.1 Å². The second kappa shape index (κ2) is 11.6. The minimum atomic E-state index is -1.51. The summed E-state index contributed by atoms with van der Waals surface area (Å²) >= 11 is 0. The van der Waals surface area contributed by atoms with Gasteiger partial charge in [-0.3, -0.25) is 19.1 Å². The Morgan fingerprint density at radius 3 is 2.90 bits per heavy atom. The van der Waals surface area contributed by atoms with Crippen molar-refractivity contribution in [3.63, 3.8) is 0 Å². The summed E-state index contributed by atoms with van der Waals surface area (Å²) in [6.07, 6.45) is 3.08. The van der Waals surface area contributed by atoms with Crippen molar-refractivity contribution in [3.8, 4) is 0 Å². The number of nitrogens with one attached hydrogen (secondary N) is 2. The Bertz CT molecular complexity index is 768. The molecule has 29 heavy (non-hydrogen) atoms. The Balaban J connectivity index is 1.85. The van der Waals surface area contributed by atoms with Crippen molar-refractivity contribution in [2.24, 2.45) is 5.92 Å². The highest BCUT2D eigenvalue weighted by Crippen LogP contribution is 2.37. The van der Waals surface area contributed by atoms with Gasteiger partial charge in [0.15, 0.2) is 0 Å². The van der Waals surface area contributed by atoms with E-state index >= 15 is 0 Å². The van der Waals surface area contributed by atoms with E-state index in [1.165, 1.54) is 23.9 Å². The standard InChI is InChI=1S/C18H30N3O7P/c1-5-6-9-26-17(23)13(3)20-29(25-4)27-11-14-12(2)10-16(28-14)21-8-7-15(22)19-18(21)24/h7-8,12-14,16,20H,5-6,9-11H2,1-4H3,(H,19,22,24). The molecule has 1 aromatic heterocycles. The first-order chi connectivity index (χ1) is 13.8. The number of aromatic amines is 1. The van der Waals surface area contributed by atoms with E-state index in [1.807, 2.05) is 13.8 Å². The fourth-order valence-electron chi connectivity index (χ4n) is 2.83. The van der Waals surface area contributed by atoms with Gasteiger partial charge >= 0.3 is 11.7 Å². The summed E-state index contributed by atoms with van der Waals surface area (Å²) in [6.45, 7) is 6.35. The van der Waals surface area contributed by atoms with Crippen LogP contribution in [0.2, 0.25) is 0 Å². The van der Waals surface area contributed by atoms with Gasteiger partial charge < -0.3 is 18.5 Å². The molecular weight excluding hydrogens is 401 g/mol. The Morgan fingerprint density at radius 1 is 1.48 bits per heavy atom. The number of esters is 1. The highest BCUT2D eigenvalue weighted by molar-refractivity contribution is 7.45. The molecule has 10 nitrogen and oxygen atoms in total. The van der Waals surface area contributed by atoms with Gasteiger partial charge in [-0.1, -0.05) is 20.3 Å². The lowest BCUT2D eigenvalue weighted by Gasteiger charge is -2.22. The molecule has 164 valence electrons. The third kappa shape index (κ3) is 7.01. The third-order valence-corrected chi connectivity index (χ3v) is 5.93. The van der Waals surface area contributed by atoms with Gasteiger partial charge in [0.05, 0.1) is 19.3 Å². The number of hydrogen-bond donors (Lipinski definition) is 2. The monoisotopic (exact) mass is 431 g/mol. The van der Waals surface area contributed by atoms with Crippen LogP contribution in [0.4, 0.5) is 0 Å². The molecule has 11 heteroatoms. The summed E-state index contributed by atoms with van der Waals surface area (Å²) < 4.78 is 23.6. The maximum Gasteiger partial charge on any atom is 0.330 e. The average Bonchev–Trinajstić information content (AvgIpc) is 3.05. The number of nitrogens with zero attached hydrogens (tertiary/aromatic N) is 1. The van der Waals surface area contributed by atoms with Crippen LogP contribution in [0.25, 0.3) is 0 Å². The summed E-state index contributed by atoms with van der Waals surface area (Å²) in [5.74, 6) is -0.224. The first-order valence-corrected chi connectivity index (χ1v) is 10.9. The molecule has 0 radical (unpaired) electrons. The van der Waals surface area contributed by atoms with Gasteiger partial charge in [0.2, 0.25) is 0 Å². The molecule has 1 aromatic rings. The molecule has 0 aromatic carbocycles. The lowest BCUT2D eigenvalue weighted by Crippen LogP contribution is -2.34. The molecule has 5 atom stereocenters. The van der Waals surface area contributed by atoms with Crippen LogP contribution in [0.15, 0.2) is 21.9 Å². The number of aromatic nitrogens is 2. The fourth-order valence-corrected chi connectivity index (χ4v) is 3.82. The molecule has 1 aliphatic rings. The van der Waals surface area contributed by atoms with Crippen LogP contribution in [0.5, 0.6) is 0 Å². The zero-order valence-electron chi connectivity index (χ0n) is 17.3. The van der Waals surface area contributed by atoms with Crippen LogP contribution in [0, 0.1) is 5.92 Å². The van der Waals surface area contributed by atoms with Crippen molar-refractivity contribution in [3.05, 3.63) is 33.1 Å². The molecule has 1 fully saturated rings. The molecule has 2 rings (SSSR count). The average molecular weight is 431 g/mol. The van der Waals surface area contributed by atoms with E-state index in [2.05, 4.69) is 10.1 Å². The van der Waals surface area contributed by atoms with Gasteiger partial charge in [0, 0.05) is 19.4 Å². The number of unbranched alkanes of at least 4 members (excludes halogenated alkanes) is 1. The van der Waals surface area contributed by atoms with Crippen LogP contribution in [0.1, 0.15) is 46.3 Å². The fraction of sp³-hybridized carbons (Fsp3) is 0.722. The summed E-state index contributed by atoms with van der Waals surface area (Å²) in [5, 5.41) is 2.99. The van der Waals surface area contributed by atoms with E-state index in [9.17, 15) is 14.4 Å². The molecule has 1 saturated heterocycles. The zero-order chi connectivity index (χ0) is 21.4. The van der Waals surface area contributed by atoms with Crippen molar-refractivity contribution < 1.29 is 23.3 Å². The van der Waals surface area contributed by atoms with Gasteiger partial charge in [-0.2, -0.15) is 0 Å². The van der Waals surface area contributed by atoms with Crippen molar-refractivity contribution >= 4 is 14.5 Å². The predicted octanol–water partition coefficient (Wildman–Crippen LogP) is 1.67. The van der Waals surface area contributed by atoms with Crippen LogP contribution in [0.3, 0.4) is 0 Å². The molecule has 2 N–H and O–H groups in total. The number of carbonyl (C=O) groups is 1.